The number of imidazole rings is 1. The van der Waals surface area contributed by atoms with Gasteiger partial charge in [-0.15, -0.1) is 6.42 Å². The molecule has 3 aromatic heterocycles. The quantitative estimate of drug-likeness (QED) is 0.0733. The van der Waals surface area contributed by atoms with Crippen LogP contribution in [-0.2, 0) is 26.1 Å². The summed E-state index contributed by atoms with van der Waals surface area (Å²) in [5.74, 6) is 0.997. The van der Waals surface area contributed by atoms with E-state index in [1.165, 1.54) is 10.6 Å². The fourth-order valence-corrected chi connectivity index (χ4v) is 13.0. The van der Waals surface area contributed by atoms with Crippen molar-refractivity contribution in [1.82, 2.24) is 49.8 Å². The molecule has 6 aliphatic rings. The minimum atomic E-state index is -0.739. The zero-order valence-corrected chi connectivity index (χ0v) is 43.1. The number of piperazine rings is 2. The molecule has 0 spiro atoms. The molecule has 9 heterocycles. The van der Waals surface area contributed by atoms with Crippen LogP contribution in [-0.4, -0.2) is 161 Å². The molecule has 6 fully saturated rings. The molecule has 3 N–H and O–H groups in total. The number of benzene rings is 3. The van der Waals surface area contributed by atoms with E-state index in [0.717, 1.165) is 89.0 Å². The van der Waals surface area contributed by atoms with Gasteiger partial charge in [-0.1, -0.05) is 36.3 Å². The van der Waals surface area contributed by atoms with E-state index in [2.05, 4.69) is 46.5 Å². The normalized spacial score (nSPS) is 23.7. The molecule has 21 heteroatoms. The lowest BCUT2D eigenvalue weighted by molar-refractivity contribution is -0.135. The summed E-state index contributed by atoms with van der Waals surface area (Å²) in [6.07, 6.45) is 12.9. The number of anilines is 2. The van der Waals surface area contributed by atoms with Crippen molar-refractivity contribution in [2.75, 3.05) is 95.1 Å². The van der Waals surface area contributed by atoms with Crippen LogP contribution >= 0.6 is 0 Å². The van der Waals surface area contributed by atoms with Crippen LogP contribution in [0.25, 0.3) is 44.0 Å². The highest BCUT2D eigenvalue weighted by Crippen LogP contribution is 2.44. The van der Waals surface area contributed by atoms with Crippen LogP contribution < -0.4 is 36.2 Å². The van der Waals surface area contributed by atoms with Gasteiger partial charge in [0.25, 0.3) is 0 Å². The number of hydrogen-bond acceptors (Lipinski definition) is 15. The smallest absolute Gasteiger partial charge is 0.407 e. The number of imide groups is 1. The van der Waals surface area contributed by atoms with Gasteiger partial charge < -0.3 is 34.6 Å². The van der Waals surface area contributed by atoms with Crippen molar-refractivity contribution in [2.24, 2.45) is 7.05 Å². The summed E-state index contributed by atoms with van der Waals surface area (Å²) in [6, 6.07) is 13.9. The Labute approximate surface area is 443 Å². The molecular weight excluding hydrogens is 991 g/mol. The number of fused-ring (bicyclic) bond motifs is 6. The fraction of sp³-hybridized carbons (Fsp3) is 0.482. The zero-order valence-electron chi connectivity index (χ0n) is 43.1. The number of rotatable bonds is 15. The van der Waals surface area contributed by atoms with E-state index in [-0.39, 0.29) is 84.1 Å². The minimum Gasteiger partial charge on any atom is -0.461 e. The molecule has 402 valence electrons. The third-order valence-electron chi connectivity index (χ3n) is 16.8. The van der Waals surface area contributed by atoms with Crippen LogP contribution in [0.15, 0.2) is 59.5 Å². The summed E-state index contributed by atoms with van der Waals surface area (Å²) in [5, 5.41) is 10.4. The molecule has 19 nitrogen and oxygen atoms in total. The number of carbonyl (C=O) groups excluding carboxylic acids is 3. The molecule has 6 aliphatic heterocycles. The van der Waals surface area contributed by atoms with Gasteiger partial charge in [-0.3, -0.25) is 38.8 Å². The maximum atomic E-state index is 17.2. The molecule has 3 amide bonds. The van der Waals surface area contributed by atoms with E-state index >= 15 is 8.78 Å². The van der Waals surface area contributed by atoms with Gasteiger partial charge in [0, 0.05) is 101 Å². The van der Waals surface area contributed by atoms with Crippen molar-refractivity contribution in [3.8, 4) is 29.6 Å². The molecule has 0 saturated carbocycles. The highest BCUT2D eigenvalue weighted by atomic mass is 19.1. The topological polar surface area (TPSA) is 194 Å². The average molecular weight is 1050 g/mol. The van der Waals surface area contributed by atoms with E-state index < -0.39 is 29.7 Å². The minimum absolute atomic E-state index is 0.00350. The molecular formula is C56H62F2N12O7. The Morgan fingerprint density at radius 3 is 2.56 bits per heavy atom. The van der Waals surface area contributed by atoms with Gasteiger partial charge in [0.15, 0.2) is 5.82 Å². The number of piperidine rings is 1. The number of aryl methyl sites for hydroxylation is 1. The lowest BCUT2D eigenvalue weighted by Crippen LogP contribution is -2.51. The number of pyridine rings is 1. The second kappa shape index (κ2) is 20.9. The number of halogens is 2. The SMILES string of the molecule is C#Cc1c(F)ccc2cccc(-c3ncc4c(N5CC6CCC(C5)N6)nc(OC[C@@]56CCCN5[C@H](COC(=O)NCCOCCN5CCN(c7cccc8c7n(C)c(=O)n8C7CCC(=O)NC7=O)CC5)CC6)nc4c3F)c12. The lowest BCUT2D eigenvalue weighted by atomic mass is 9.95. The Balaban J connectivity index is 0.632. The molecule has 3 unspecified atom stereocenters. The lowest BCUT2D eigenvalue weighted by Gasteiger charge is -2.36. The largest absolute Gasteiger partial charge is 0.461 e. The summed E-state index contributed by atoms with van der Waals surface area (Å²) < 4.78 is 53.5. The standard InChI is InChI=1S/C56H62F2N12O7/c1-3-38-41(57)14-11-34-7-4-8-39(46(34)38)48-47(58)49-40(29-60-48)51(68-30-35-12-13-36(31-68)61-35)64-53(63-49)77-33-56-18-6-21-69(56)37(17-19-56)32-76-54(73)59-20-27-75-28-26-66-22-24-67(25-23-66)42-9-5-10-43-50(42)65(2)55(74)70(43)44-15-16-45(71)62-52(44)72/h1,4-5,7-11,14,29,35-37,44,61H,6,12-13,15-28,30-33H2,2H3,(H,59,73)(H,62,71,72)/t35?,36?,37-,44?,56-/m0/s1. The molecule has 6 aromatic rings. The van der Waals surface area contributed by atoms with Crippen LogP contribution in [0.5, 0.6) is 6.01 Å². The summed E-state index contributed by atoms with van der Waals surface area (Å²) in [7, 11) is 1.72. The van der Waals surface area contributed by atoms with E-state index in [0.29, 0.717) is 65.9 Å². The van der Waals surface area contributed by atoms with Gasteiger partial charge >= 0.3 is 17.8 Å². The van der Waals surface area contributed by atoms with Crippen LogP contribution in [0, 0.1) is 24.0 Å². The number of carbonyl (C=O) groups is 3. The second-order valence-electron chi connectivity index (χ2n) is 21.3. The summed E-state index contributed by atoms with van der Waals surface area (Å²) in [6.45, 7) is 7.61. The molecule has 12 rings (SSSR count). The molecule has 2 bridgehead atoms. The van der Waals surface area contributed by atoms with Crippen LogP contribution in [0.3, 0.4) is 0 Å². The van der Waals surface area contributed by atoms with Gasteiger partial charge in [0.05, 0.1) is 46.4 Å². The number of terminal acetylenes is 1. The van der Waals surface area contributed by atoms with Crippen molar-refractivity contribution in [3.05, 3.63) is 82.4 Å². The van der Waals surface area contributed by atoms with Crippen molar-refractivity contribution < 1.29 is 37.4 Å². The zero-order chi connectivity index (χ0) is 53.0. The first-order chi connectivity index (χ1) is 37.5. The fourth-order valence-electron chi connectivity index (χ4n) is 13.0. The van der Waals surface area contributed by atoms with E-state index in [4.69, 9.17) is 30.6 Å². The molecule has 0 aliphatic carbocycles. The third-order valence-corrected chi connectivity index (χ3v) is 16.8. The summed E-state index contributed by atoms with van der Waals surface area (Å²) in [4.78, 5) is 74.4. The molecule has 3 aromatic carbocycles. The first-order valence-corrected chi connectivity index (χ1v) is 26.9. The monoisotopic (exact) mass is 1050 g/mol. The Bertz CT molecular complexity index is 3400. The number of nitrogens with zero attached hydrogens (tertiary/aromatic N) is 9. The van der Waals surface area contributed by atoms with Gasteiger partial charge in [0.1, 0.15) is 42.1 Å². The summed E-state index contributed by atoms with van der Waals surface area (Å²) in [5.41, 5.74) is 2.20. The number of ether oxygens (including phenoxy) is 3. The predicted molar refractivity (Wildman–Crippen MR) is 285 cm³/mol. The number of aromatic nitrogens is 5. The molecule has 5 atom stereocenters. The van der Waals surface area contributed by atoms with Gasteiger partial charge in [-0.2, -0.15) is 9.97 Å². The van der Waals surface area contributed by atoms with Gasteiger partial charge in [0.2, 0.25) is 11.8 Å². The highest BCUT2D eigenvalue weighted by molar-refractivity contribution is 6.03. The number of para-hydroxylation sites is 1. The van der Waals surface area contributed by atoms with Gasteiger partial charge in [-0.05, 0) is 75.1 Å². The molecule has 6 saturated heterocycles. The van der Waals surface area contributed by atoms with E-state index in [9.17, 15) is 19.2 Å². The van der Waals surface area contributed by atoms with Gasteiger partial charge in [-0.25, -0.2) is 18.4 Å². The Morgan fingerprint density at radius 2 is 1.75 bits per heavy atom. The number of alkyl carbamates (subject to hydrolysis) is 1. The van der Waals surface area contributed by atoms with Crippen molar-refractivity contribution in [3.63, 3.8) is 0 Å². The Morgan fingerprint density at radius 1 is 0.935 bits per heavy atom. The first-order valence-electron chi connectivity index (χ1n) is 26.9. The van der Waals surface area contributed by atoms with Crippen LogP contribution in [0.1, 0.15) is 63.0 Å². The Kier molecular flexibility index (Phi) is 13.8. The highest BCUT2D eigenvalue weighted by Gasteiger charge is 2.50. The number of nitrogens with one attached hydrogen (secondary N) is 3. The molecule has 77 heavy (non-hydrogen) atoms. The number of hydrogen-bond donors (Lipinski definition) is 3. The summed E-state index contributed by atoms with van der Waals surface area (Å²) >= 11 is 0. The predicted octanol–water partition coefficient (Wildman–Crippen LogP) is 4.62. The van der Waals surface area contributed by atoms with E-state index in [1.807, 2.05) is 18.2 Å². The van der Waals surface area contributed by atoms with Crippen molar-refractivity contribution in [1.29, 1.82) is 0 Å². The molecule has 0 radical (unpaired) electrons. The van der Waals surface area contributed by atoms with E-state index in [1.54, 1.807) is 42.1 Å². The van der Waals surface area contributed by atoms with Crippen LogP contribution in [0.4, 0.5) is 25.1 Å². The maximum Gasteiger partial charge on any atom is 0.407 e. The maximum absolute atomic E-state index is 17.2. The Hall–Kier alpha value is -7.25. The third kappa shape index (κ3) is 9.48. The van der Waals surface area contributed by atoms with Crippen molar-refractivity contribution in [2.45, 2.75) is 81.1 Å². The number of amides is 3. The second-order valence-corrected chi connectivity index (χ2v) is 21.3. The van der Waals surface area contributed by atoms with Crippen LogP contribution in [0.2, 0.25) is 0 Å². The first kappa shape index (κ1) is 50.6. The van der Waals surface area contributed by atoms with Crippen molar-refractivity contribution >= 4 is 62.1 Å². The average Bonchev–Trinajstić information content (AvgIpc) is 4.24.